The van der Waals surface area contributed by atoms with Crippen LogP contribution in [0.15, 0.2) is 24.3 Å². The highest BCUT2D eigenvalue weighted by Crippen LogP contribution is 2.21. The van der Waals surface area contributed by atoms with Crippen LogP contribution in [0.3, 0.4) is 0 Å². The molecule has 0 fully saturated rings. The number of hydrogen-bond donors (Lipinski definition) is 4. The molecular formula is C18H28N2O8. The van der Waals surface area contributed by atoms with Crippen molar-refractivity contribution in [3.05, 3.63) is 24.3 Å². The van der Waals surface area contributed by atoms with Gasteiger partial charge in [-0.15, -0.1) is 0 Å². The summed E-state index contributed by atoms with van der Waals surface area (Å²) in [4.78, 5) is 44.2. The summed E-state index contributed by atoms with van der Waals surface area (Å²) in [7, 11) is 0. The average Bonchev–Trinajstić information content (AvgIpc) is 2.55. The van der Waals surface area contributed by atoms with Gasteiger partial charge in [-0.05, 0) is 37.8 Å². The summed E-state index contributed by atoms with van der Waals surface area (Å²) in [5.41, 5.74) is 0. The van der Waals surface area contributed by atoms with Gasteiger partial charge in [-0.1, -0.05) is 6.07 Å². The highest BCUT2D eigenvalue weighted by Gasteiger charge is 2.09. The smallest absolute Gasteiger partial charge is 0.311 e. The van der Waals surface area contributed by atoms with Crippen molar-refractivity contribution in [2.75, 3.05) is 0 Å². The topological polar surface area (TPSA) is 197 Å². The van der Waals surface area contributed by atoms with Crippen LogP contribution >= 0.6 is 0 Å². The lowest BCUT2D eigenvalue weighted by atomic mass is 10.2. The lowest BCUT2D eigenvalue weighted by molar-refractivity contribution is -0.138. The lowest BCUT2D eigenvalue weighted by Crippen LogP contribution is -2.10. The van der Waals surface area contributed by atoms with Crippen LogP contribution in [0.2, 0.25) is 0 Å². The Morgan fingerprint density at radius 3 is 1.39 bits per heavy atom. The van der Waals surface area contributed by atoms with E-state index in [2.05, 4.69) is 0 Å². The van der Waals surface area contributed by atoms with Crippen LogP contribution in [0.5, 0.6) is 11.5 Å². The number of esters is 2. The number of carboxylic acids is 2. The highest BCUT2D eigenvalue weighted by atomic mass is 16.5. The minimum absolute atomic E-state index is 0. The van der Waals surface area contributed by atoms with Crippen molar-refractivity contribution >= 4 is 23.9 Å². The number of ether oxygens (including phenoxy) is 2. The maximum atomic E-state index is 11.7. The van der Waals surface area contributed by atoms with Crippen molar-refractivity contribution in [1.29, 1.82) is 0 Å². The van der Waals surface area contributed by atoms with E-state index in [1.807, 2.05) is 0 Å². The largest absolute Gasteiger partial charge is 0.481 e. The number of rotatable bonds is 12. The van der Waals surface area contributed by atoms with E-state index in [0.717, 1.165) is 0 Å². The van der Waals surface area contributed by atoms with Crippen molar-refractivity contribution in [2.45, 2.75) is 51.4 Å². The molecule has 0 amide bonds. The fourth-order valence-corrected chi connectivity index (χ4v) is 2.06. The van der Waals surface area contributed by atoms with Crippen LogP contribution in [0, 0.1) is 0 Å². The third kappa shape index (κ3) is 13.3. The molecule has 1 aromatic rings. The van der Waals surface area contributed by atoms with Crippen LogP contribution in [0.25, 0.3) is 0 Å². The minimum Gasteiger partial charge on any atom is -0.481 e. The molecule has 0 saturated heterocycles. The van der Waals surface area contributed by atoms with Gasteiger partial charge in [0.05, 0.1) is 0 Å². The SMILES string of the molecule is N.N.O=C(O)CCCCC(=O)Oc1cccc(OC(=O)CCCCC(=O)O)c1. The number of aliphatic carboxylic acids is 2. The van der Waals surface area contributed by atoms with Gasteiger partial charge in [-0.2, -0.15) is 0 Å². The van der Waals surface area contributed by atoms with E-state index in [1.165, 1.54) is 6.07 Å². The van der Waals surface area contributed by atoms with Crippen molar-refractivity contribution in [1.82, 2.24) is 12.3 Å². The zero-order valence-electron chi connectivity index (χ0n) is 15.7. The lowest BCUT2D eigenvalue weighted by Gasteiger charge is -2.07. The maximum absolute atomic E-state index is 11.7. The summed E-state index contributed by atoms with van der Waals surface area (Å²) < 4.78 is 10.3. The first-order valence-corrected chi connectivity index (χ1v) is 8.32. The Bertz CT molecular complexity index is 597. The Balaban J connectivity index is 0. The molecule has 0 unspecified atom stereocenters. The van der Waals surface area contributed by atoms with Gasteiger partial charge in [0.25, 0.3) is 0 Å². The molecule has 158 valence electrons. The van der Waals surface area contributed by atoms with Crippen molar-refractivity contribution in [3.8, 4) is 11.5 Å². The second-order valence-electron chi connectivity index (χ2n) is 5.62. The molecule has 0 aliphatic rings. The zero-order chi connectivity index (χ0) is 19.4. The molecule has 1 rings (SSSR count). The van der Waals surface area contributed by atoms with E-state index in [9.17, 15) is 19.2 Å². The normalized spacial score (nSPS) is 9.43. The monoisotopic (exact) mass is 400 g/mol. The van der Waals surface area contributed by atoms with E-state index >= 15 is 0 Å². The molecule has 0 aromatic heterocycles. The zero-order valence-corrected chi connectivity index (χ0v) is 15.7. The van der Waals surface area contributed by atoms with Crippen molar-refractivity contribution < 1.29 is 38.9 Å². The molecule has 0 bridgehead atoms. The van der Waals surface area contributed by atoms with Crippen LogP contribution in [-0.2, 0) is 19.2 Å². The summed E-state index contributed by atoms with van der Waals surface area (Å²) in [5, 5.41) is 17.1. The van der Waals surface area contributed by atoms with Gasteiger partial charge < -0.3 is 32.0 Å². The summed E-state index contributed by atoms with van der Waals surface area (Å²) in [6.07, 6.45) is 1.82. The van der Waals surface area contributed by atoms with Gasteiger partial charge in [0.1, 0.15) is 11.5 Å². The van der Waals surface area contributed by atoms with E-state index in [-0.39, 0.29) is 49.5 Å². The van der Waals surface area contributed by atoms with Gasteiger partial charge >= 0.3 is 23.9 Å². The average molecular weight is 400 g/mol. The van der Waals surface area contributed by atoms with E-state index in [0.29, 0.717) is 25.7 Å². The number of carbonyl (C=O) groups is 4. The third-order valence-corrected chi connectivity index (χ3v) is 3.31. The van der Waals surface area contributed by atoms with Gasteiger partial charge in [-0.25, -0.2) is 0 Å². The summed E-state index contributed by atoms with van der Waals surface area (Å²) >= 11 is 0. The predicted octanol–water partition coefficient (Wildman–Crippen LogP) is 3.11. The number of carboxylic acid groups (broad SMARTS) is 2. The molecule has 0 spiro atoms. The predicted molar refractivity (Wildman–Crippen MR) is 100.0 cm³/mol. The summed E-state index contributed by atoms with van der Waals surface area (Å²) in [6, 6.07) is 6.06. The van der Waals surface area contributed by atoms with Crippen molar-refractivity contribution in [3.63, 3.8) is 0 Å². The molecule has 0 heterocycles. The van der Waals surface area contributed by atoms with Gasteiger partial charge in [0.15, 0.2) is 0 Å². The fourth-order valence-electron chi connectivity index (χ4n) is 2.06. The molecular weight excluding hydrogens is 372 g/mol. The first kappa shape index (κ1) is 27.2. The Hall–Kier alpha value is -2.98. The molecule has 10 heteroatoms. The van der Waals surface area contributed by atoms with Crippen molar-refractivity contribution in [2.24, 2.45) is 0 Å². The first-order chi connectivity index (χ1) is 12.4. The Morgan fingerprint density at radius 2 is 1.04 bits per heavy atom. The Morgan fingerprint density at radius 1 is 0.679 bits per heavy atom. The van der Waals surface area contributed by atoms with Crippen LogP contribution in [-0.4, -0.2) is 34.1 Å². The van der Waals surface area contributed by atoms with E-state index in [4.69, 9.17) is 19.7 Å². The minimum atomic E-state index is -0.907. The second-order valence-corrected chi connectivity index (χ2v) is 5.62. The van der Waals surface area contributed by atoms with Gasteiger partial charge in [0.2, 0.25) is 0 Å². The van der Waals surface area contributed by atoms with Crippen LogP contribution in [0.4, 0.5) is 0 Å². The fraction of sp³-hybridized carbons (Fsp3) is 0.444. The molecule has 0 radical (unpaired) electrons. The number of carbonyl (C=O) groups excluding carboxylic acids is 2. The van der Waals surface area contributed by atoms with Gasteiger partial charge in [0, 0.05) is 31.7 Å². The summed E-state index contributed by atoms with van der Waals surface area (Å²) in [5.74, 6) is -2.35. The summed E-state index contributed by atoms with van der Waals surface area (Å²) in [6.45, 7) is 0. The molecule has 0 aliphatic carbocycles. The number of benzene rings is 1. The third-order valence-electron chi connectivity index (χ3n) is 3.31. The van der Waals surface area contributed by atoms with E-state index < -0.39 is 23.9 Å². The standard InChI is InChI=1S/C18H22O8.2H3N/c19-15(20)8-1-3-10-17(23)25-13-6-5-7-14(12-13)26-18(24)11-4-2-9-16(21)22;;/h5-7,12H,1-4,8-11H2,(H,19,20)(H,21,22);2*1H3. The highest BCUT2D eigenvalue weighted by molar-refractivity contribution is 5.74. The Kier molecular flexibility index (Phi) is 14.7. The van der Waals surface area contributed by atoms with Crippen LogP contribution < -0.4 is 21.8 Å². The van der Waals surface area contributed by atoms with Gasteiger partial charge in [-0.3, -0.25) is 19.2 Å². The molecule has 10 nitrogen and oxygen atoms in total. The Labute approximate surface area is 163 Å². The first-order valence-electron chi connectivity index (χ1n) is 8.32. The molecule has 1 aromatic carbocycles. The van der Waals surface area contributed by atoms with Crippen LogP contribution in [0.1, 0.15) is 51.4 Å². The molecule has 0 atom stereocenters. The number of hydrogen-bond acceptors (Lipinski definition) is 8. The van der Waals surface area contributed by atoms with E-state index in [1.54, 1.807) is 18.2 Å². The molecule has 8 N–H and O–H groups in total. The molecule has 0 aliphatic heterocycles. The number of unbranched alkanes of at least 4 members (excludes halogenated alkanes) is 2. The molecule has 0 saturated carbocycles. The molecule has 28 heavy (non-hydrogen) atoms. The second kappa shape index (κ2) is 15.1. The quantitative estimate of drug-likeness (QED) is 0.229. The maximum Gasteiger partial charge on any atom is 0.311 e.